The zero-order valence-electron chi connectivity index (χ0n) is 9.81. The third kappa shape index (κ3) is 3.54. The third-order valence-electron chi connectivity index (χ3n) is 2.59. The van der Waals surface area contributed by atoms with Gasteiger partial charge in [-0.2, -0.15) is 0 Å². The van der Waals surface area contributed by atoms with Crippen molar-refractivity contribution in [3.63, 3.8) is 0 Å². The van der Waals surface area contributed by atoms with E-state index in [9.17, 15) is 5.11 Å². The quantitative estimate of drug-likeness (QED) is 0.799. The van der Waals surface area contributed by atoms with Gasteiger partial charge in [-0.1, -0.05) is 17.7 Å². The molecule has 2 aromatic rings. The van der Waals surface area contributed by atoms with E-state index >= 15 is 0 Å². The highest BCUT2D eigenvalue weighted by Gasteiger charge is 2.01. The lowest BCUT2D eigenvalue weighted by Crippen LogP contribution is -2.16. The van der Waals surface area contributed by atoms with E-state index in [1.165, 1.54) is 5.56 Å². The minimum Gasteiger partial charge on any atom is -0.508 e. The molecule has 0 unspecified atom stereocenters. The molecule has 1 heterocycles. The molecule has 0 aliphatic heterocycles. The Kier molecular flexibility index (Phi) is 4.12. The lowest BCUT2D eigenvalue weighted by molar-refractivity contribution is 0.464. The van der Waals surface area contributed by atoms with Gasteiger partial charge in [-0.3, -0.25) is 0 Å². The molecule has 90 valence electrons. The predicted octanol–water partition coefficient (Wildman–Crippen LogP) is 2.49. The topological polar surface area (TPSA) is 45.1 Å². The van der Waals surface area contributed by atoms with Gasteiger partial charge < -0.3 is 10.4 Å². The second kappa shape index (κ2) is 5.80. The number of nitrogens with zero attached hydrogens (tertiary/aromatic N) is 1. The first kappa shape index (κ1) is 12.1. The van der Waals surface area contributed by atoms with Crippen molar-refractivity contribution in [3.8, 4) is 5.75 Å². The Morgan fingerprint density at radius 1 is 1.41 bits per heavy atom. The molecule has 0 radical (unpaired) electrons. The zero-order chi connectivity index (χ0) is 12.1. The van der Waals surface area contributed by atoms with Gasteiger partial charge in [0, 0.05) is 30.5 Å². The third-order valence-corrected chi connectivity index (χ3v) is 3.23. The molecule has 1 aromatic carbocycles. The average Bonchev–Trinajstić information content (AvgIpc) is 2.82. The van der Waals surface area contributed by atoms with Gasteiger partial charge >= 0.3 is 0 Å². The van der Waals surface area contributed by atoms with Crippen molar-refractivity contribution in [2.45, 2.75) is 19.9 Å². The first-order valence-electron chi connectivity index (χ1n) is 5.62. The number of benzene rings is 1. The summed E-state index contributed by atoms with van der Waals surface area (Å²) in [5, 5.41) is 15.0. The average molecular weight is 248 g/mol. The number of nitrogens with one attached hydrogen (secondary N) is 1. The van der Waals surface area contributed by atoms with Crippen LogP contribution in [0.4, 0.5) is 0 Å². The summed E-state index contributed by atoms with van der Waals surface area (Å²) in [6.07, 6.45) is 0.927. The lowest BCUT2D eigenvalue weighted by atomic mass is 10.1. The molecule has 0 atom stereocenters. The summed E-state index contributed by atoms with van der Waals surface area (Å²) in [5.74, 6) is 0.358. The number of aromatic hydroxyl groups is 1. The van der Waals surface area contributed by atoms with E-state index < -0.39 is 0 Å². The smallest absolute Gasteiger partial charge is 0.120 e. The maximum Gasteiger partial charge on any atom is 0.120 e. The molecule has 1 aromatic heterocycles. The van der Waals surface area contributed by atoms with Crippen molar-refractivity contribution < 1.29 is 5.11 Å². The van der Waals surface area contributed by atoms with Crippen molar-refractivity contribution >= 4 is 11.3 Å². The second-order valence-electron chi connectivity index (χ2n) is 4.04. The lowest BCUT2D eigenvalue weighted by Gasteiger charge is -2.07. The van der Waals surface area contributed by atoms with Crippen molar-refractivity contribution in [1.29, 1.82) is 0 Å². The molecule has 0 bridgehead atoms. The molecule has 3 nitrogen and oxygen atoms in total. The van der Waals surface area contributed by atoms with E-state index in [1.54, 1.807) is 17.4 Å². The number of aromatic nitrogens is 1. The SMILES string of the molecule is Cc1ccc(O)c(CNCCc2cscn2)c1. The summed E-state index contributed by atoms with van der Waals surface area (Å²) in [6.45, 7) is 3.59. The fraction of sp³-hybridized carbons (Fsp3) is 0.308. The second-order valence-corrected chi connectivity index (χ2v) is 4.76. The number of aryl methyl sites for hydroxylation is 1. The summed E-state index contributed by atoms with van der Waals surface area (Å²) in [7, 11) is 0. The van der Waals surface area contributed by atoms with Crippen LogP contribution in [0.1, 0.15) is 16.8 Å². The first-order chi connectivity index (χ1) is 8.25. The maximum atomic E-state index is 9.67. The van der Waals surface area contributed by atoms with Gasteiger partial charge in [0.25, 0.3) is 0 Å². The van der Waals surface area contributed by atoms with E-state index in [2.05, 4.69) is 15.7 Å². The molecular formula is C13H16N2OS. The van der Waals surface area contributed by atoms with Crippen molar-refractivity contribution in [2.24, 2.45) is 0 Å². The largest absolute Gasteiger partial charge is 0.508 e. The van der Waals surface area contributed by atoms with Crippen molar-refractivity contribution in [2.75, 3.05) is 6.54 Å². The van der Waals surface area contributed by atoms with Crippen LogP contribution < -0.4 is 5.32 Å². The van der Waals surface area contributed by atoms with Crippen LogP contribution in [0.15, 0.2) is 29.1 Å². The highest BCUT2D eigenvalue weighted by molar-refractivity contribution is 7.07. The number of hydrogen-bond acceptors (Lipinski definition) is 4. The van der Waals surface area contributed by atoms with Crippen LogP contribution >= 0.6 is 11.3 Å². The standard InChI is InChI=1S/C13H16N2OS/c1-10-2-3-13(16)11(6-10)7-14-5-4-12-8-17-9-15-12/h2-3,6,8-9,14,16H,4-5,7H2,1H3. The van der Waals surface area contributed by atoms with Crippen molar-refractivity contribution in [1.82, 2.24) is 10.3 Å². The van der Waals surface area contributed by atoms with Gasteiger partial charge in [-0.05, 0) is 13.0 Å². The normalized spacial score (nSPS) is 10.6. The van der Waals surface area contributed by atoms with Gasteiger partial charge in [0.15, 0.2) is 0 Å². The molecule has 2 N–H and O–H groups in total. The van der Waals surface area contributed by atoms with Gasteiger partial charge in [0.2, 0.25) is 0 Å². The number of hydrogen-bond donors (Lipinski definition) is 2. The van der Waals surface area contributed by atoms with E-state index in [4.69, 9.17) is 0 Å². The predicted molar refractivity (Wildman–Crippen MR) is 70.4 cm³/mol. The van der Waals surface area contributed by atoms with Gasteiger partial charge in [0.05, 0.1) is 11.2 Å². The van der Waals surface area contributed by atoms with Crippen LogP contribution in [0, 0.1) is 6.92 Å². The van der Waals surface area contributed by atoms with E-state index in [1.807, 2.05) is 24.6 Å². The molecule has 0 saturated carbocycles. The minimum atomic E-state index is 0.358. The Morgan fingerprint density at radius 3 is 3.06 bits per heavy atom. The summed E-state index contributed by atoms with van der Waals surface area (Å²) >= 11 is 1.62. The first-order valence-corrected chi connectivity index (χ1v) is 6.56. The Morgan fingerprint density at radius 2 is 2.29 bits per heavy atom. The van der Waals surface area contributed by atoms with Crippen LogP contribution in [0.3, 0.4) is 0 Å². The monoisotopic (exact) mass is 248 g/mol. The molecule has 4 heteroatoms. The van der Waals surface area contributed by atoms with Gasteiger partial charge in [-0.15, -0.1) is 11.3 Å². The Bertz CT molecular complexity index is 468. The number of rotatable bonds is 5. The summed E-state index contributed by atoms with van der Waals surface area (Å²) in [4.78, 5) is 4.22. The number of phenolic OH excluding ortho intramolecular Hbond substituents is 1. The van der Waals surface area contributed by atoms with Crippen LogP contribution in [0.2, 0.25) is 0 Å². The Labute approximate surface area is 105 Å². The molecule has 0 aliphatic carbocycles. The minimum absolute atomic E-state index is 0.358. The summed E-state index contributed by atoms with van der Waals surface area (Å²) in [6, 6.07) is 5.66. The van der Waals surface area contributed by atoms with Crippen LogP contribution in [0.25, 0.3) is 0 Å². The molecule has 0 fully saturated rings. The van der Waals surface area contributed by atoms with Gasteiger partial charge in [-0.25, -0.2) is 4.98 Å². The highest BCUT2D eigenvalue weighted by Crippen LogP contribution is 2.17. The number of thiazole rings is 1. The van der Waals surface area contributed by atoms with E-state index in [0.29, 0.717) is 12.3 Å². The molecular weight excluding hydrogens is 232 g/mol. The summed E-state index contributed by atoms with van der Waals surface area (Å²) < 4.78 is 0. The van der Waals surface area contributed by atoms with Crippen molar-refractivity contribution in [3.05, 3.63) is 45.9 Å². The molecule has 2 rings (SSSR count). The molecule has 0 saturated heterocycles. The Balaban J connectivity index is 1.80. The van der Waals surface area contributed by atoms with Crippen LogP contribution in [-0.4, -0.2) is 16.6 Å². The van der Waals surface area contributed by atoms with E-state index in [-0.39, 0.29) is 0 Å². The summed E-state index contributed by atoms with van der Waals surface area (Å²) in [5.41, 5.74) is 5.08. The van der Waals surface area contributed by atoms with Crippen LogP contribution in [0.5, 0.6) is 5.75 Å². The highest BCUT2D eigenvalue weighted by atomic mass is 32.1. The molecule has 0 spiro atoms. The number of phenols is 1. The molecule has 0 aliphatic rings. The molecule has 0 amide bonds. The maximum absolute atomic E-state index is 9.67. The zero-order valence-corrected chi connectivity index (χ0v) is 10.6. The fourth-order valence-corrected chi connectivity index (χ4v) is 2.25. The Hall–Kier alpha value is -1.39. The van der Waals surface area contributed by atoms with Gasteiger partial charge in [0.1, 0.15) is 5.75 Å². The molecule has 17 heavy (non-hydrogen) atoms. The fourth-order valence-electron chi connectivity index (χ4n) is 1.66. The van der Waals surface area contributed by atoms with Crippen LogP contribution in [-0.2, 0) is 13.0 Å². The van der Waals surface area contributed by atoms with E-state index in [0.717, 1.165) is 24.2 Å².